The summed E-state index contributed by atoms with van der Waals surface area (Å²) in [6.45, 7) is 13.9. The number of nitrogen functional groups attached to an aromatic ring is 1. The van der Waals surface area contributed by atoms with Crippen molar-refractivity contribution < 1.29 is 4.74 Å². The predicted octanol–water partition coefficient (Wildman–Crippen LogP) is 4.84. The molecule has 6 heteroatoms. The summed E-state index contributed by atoms with van der Waals surface area (Å²) in [6, 6.07) is 8.30. The Morgan fingerprint density at radius 3 is 2.79 bits per heavy atom. The predicted molar refractivity (Wildman–Crippen MR) is 126 cm³/mol. The van der Waals surface area contributed by atoms with Crippen molar-refractivity contribution in [3.8, 4) is 0 Å². The normalized spacial score (nSPS) is 17.3. The van der Waals surface area contributed by atoms with E-state index in [1.807, 2.05) is 30.4 Å². The highest BCUT2D eigenvalue weighted by Crippen LogP contribution is 2.28. The number of aliphatic imine (C=N–C) groups is 1. The van der Waals surface area contributed by atoms with E-state index >= 15 is 0 Å². The van der Waals surface area contributed by atoms with E-state index in [1.54, 1.807) is 7.11 Å². The van der Waals surface area contributed by atoms with Gasteiger partial charge in [0.1, 0.15) is 5.82 Å². The van der Waals surface area contributed by atoms with Crippen LogP contribution in [0.3, 0.4) is 0 Å². The number of halogens is 1. The van der Waals surface area contributed by atoms with Gasteiger partial charge in [-0.1, -0.05) is 25.3 Å². The van der Waals surface area contributed by atoms with Crippen molar-refractivity contribution in [2.24, 2.45) is 4.99 Å². The van der Waals surface area contributed by atoms with Gasteiger partial charge in [-0.25, -0.2) is 4.98 Å². The lowest BCUT2D eigenvalue weighted by atomic mass is 10.0. The lowest BCUT2D eigenvalue weighted by molar-refractivity contribution is 0.138. The average molecular weight is 455 g/mol. The molecule has 1 aromatic carbocycles. The molecule has 0 saturated carbocycles. The van der Waals surface area contributed by atoms with Gasteiger partial charge < -0.3 is 15.4 Å². The van der Waals surface area contributed by atoms with Crippen LogP contribution >= 0.6 is 15.9 Å². The highest BCUT2D eigenvalue weighted by atomic mass is 79.9. The number of dihydropyridines is 1. The Labute approximate surface area is 180 Å². The van der Waals surface area contributed by atoms with E-state index in [-0.39, 0.29) is 12.1 Å². The molecular formula is C23H27BrN4O. The van der Waals surface area contributed by atoms with Crippen LogP contribution in [0.4, 0.5) is 5.82 Å². The molecule has 1 aliphatic rings. The minimum atomic E-state index is 0.0948. The van der Waals surface area contributed by atoms with E-state index in [9.17, 15) is 0 Å². The fourth-order valence-electron chi connectivity index (χ4n) is 3.34. The SMILES string of the molecule is C=C1C=CC(CN(C(=C)c2ccc3nc(N)c(Br)cc3c2)[C@H](C)COC)=NC1C. The maximum absolute atomic E-state index is 5.91. The Bertz CT molecular complexity index is 1010. The van der Waals surface area contributed by atoms with Crippen LogP contribution in [0, 0.1) is 0 Å². The molecule has 0 aliphatic carbocycles. The number of nitrogens with two attached hydrogens (primary N) is 1. The van der Waals surface area contributed by atoms with Gasteiger partial charge in [0.05, 0.1) is 34.9 Å². The minimum Gasteiger partial charge on any atom is -0.383 e. The molecule has 0 amide bonds. The number of nitrogens with zero attached hydrogens (tertiary/aromatic N) is 3. The number of benzene rings is 1. The molecule has 3 rings (SSSR count). The van der Waals surface area contributed by atoms with Crippen LogP contribution in [0.15, 0.2) is 64.6 Å². The van der Waals surface area contributed by atoms with Crippen LogP contribution in [-0.4, -0.2) is 47.9 Å². The van der Waals surface area contributed by atoms with Gasteiger partial charge in [-0.15, -0.1) is 0 Å². The summed E-state index contributed by atoms with van der Waals surface area (Å²) in [6.07, 6.45) is 4.07. The quantitative estimate of drug-likeness (QED) is 0.649. The van der Waals surface area contributed by atoms with Crippen molar-refractivity contribution in [3.63, 3.8) is 0 Å². The van der Waals surface area contributed by atoms with Gasteiger partial charge in [0.2, 0.25) is 0 Å². The number of aromatic nitrogens is 1. The van der Waals surface area contributed by atoms with E-state index in [1.165, 1.54) is 0 Å². The summed E-state index contributed by atoms with van der Waals surface area (Å²) < 4.78 is 6.20. The highest BCUT2D eigenvalue weighted by molar-refractivity contribution is 9.10. The maximum atomic E-state index is 5.91. The number of methoxy groups -OCH3 is 1. The zero-order valence-corrected chi connectivity index (χ0v) is 18.7. The molecule has 1 aliphatic heterocycles. The first-order valence-electron chi connectivity index (χ1n) is 9.54. The lowest BCUT2D eigenvalue weighted by Crippen LogP contribution is -2.38. The largest absolute Gasteiger partial charge is 0.383 e. The molecule has 0 saturated heterocycles. The van der Waals surface area contributed by atoms with Crippen molar-refractivity contribution in [1.82, 2.24) is 9.88 Å². The lowest BCUT2D eigenvalue weighted by Gasteiger charge is -2.33. The molecule has 2 heterocycles. The first-order chi connectivity index (χ1) is 13.8. The van der Waals surface area contributed by atoms with Gasteiger partial charge >= 0.3 is 0 Å². The topological polar surface area (TPSA) is 63.7 Å². The second kappa shape index (κ2) is 8.93. The van der Waals surface area contributed by atoms with Gasteiger partial charge in [0.25, 0.3) is 0 Å². The molecule has 5 nitrogen and oxygen atoms in total. The summed E-state index contributed by atoms with van der Waals surface area (Å²) in [5.41, 5.74) is 10.7. The van der Waals surface area contributed by atoms with Crippen LogP contribution < -0.4 is 5.73 Å². The number of pyridine rings is 1. The zero-order chi connectivity index (χ0) is 21.1. The number of hydrogen-bond acceptors (Lipinski definition) is 5. The smallest absolute Gasteiger partial charge is 0.138 e. The average Bonchev–Trinajstić information content (AvgIpc) is 2.69. The maximum Gasteiger partial charge on any atom is 0.138 e. The Hall–Kier alpha value is -2.44. The molecule has 0 radical (unpaired) electrons. The number of hydrogen-bond donors (Lipinski definition) is 1. The van der Waals surface area contributed by atoms with E-state index in [0.29, 0.717) is 19.0 Å². The van der Waals surface area contributed by atoms with Crippen molar-refractivity contribution >= 4 is 44.1 Å². The molecule has 152 valence electrons. The molecule has 2 atom stereocenters. The molecule has 1 aromatic heterocycles. The third-order valence-corrected chi connectivity index (χ3v) is 5.77. The van der Waals surface area contributed by atoms with E-state index in [2.05, 4.69) is 58.9 Å². The van der Waals surface area contributed by atoms with Crippen LogP contribution in [0.2, 0.25) is 0 Å². The van der Waals surface area contributed by atoms with Crippen LogP contribution in [-0.2, 0) is 4.74 Å². The summed E-state index contributed by atoms with van der Waals surface area (Å²) in [5, 5.41) is 1.00. The number of ether oxygens (including phenoxy) is 1. The molecular weight excluding hydrogens is 428 g/mol. The third-order valence-electron chi connectivity index (χ3n) is 5.13. The summed E-state index contributed by atoms with van der Waals surface area (Å²) in [4.78, 5) is 11.4. The van der Waals surface area contributed by atoms with Crippen LogP contribution in [0.1, 0.15) is 19.4 Å². The van der Waals surface area contributed by atoms with Gasteiger partial charge in [-0.05, 0) is 65.2 Å². The molecule has 0 fully saturated rings. The van der Waals surface area contributed by atoms with Crippen molar-refractivity contribution in [2.45, 2.75) is 25.9 Å². The Balaban J connectivity index is 1.93. The van der Waals surface area contributed by atoms with Gasteiger partial charge in [0.15, 0.2) is 0 Å². The number of fused-ring (bicyclic) bond motifs is 1. The van der Waals surface area contributed by atoms with E-state index in [0.717, 1.165) is 37.9 Å². The Kier molecular flexibility index (Phi) is 6.55. The van der Waals surface area contributed by atoms with Gasteiger partial charge in [0, 0.05) is 24.2 Å². The Morgan fingerprint density at radius 2 is 2.10 bits per heavy atom. The van der Waals surface area contributed by atoms with Gasteiger partial charge in [-0.3, -0.25) is 4.99 Å². The molecule has 2 N–H and O–H groups in total. The third kappa shape index (κ3) is 4.77. The van der Waals surface area contributed by atoms with Crippen LogP contribution in [0.25, 0.3) is 16.6 Å². The molecule has 0 bridgehead atoms. The summed E-state index contributed by atoms with van der Waals surface area (Å²) >= 11 is 3.46. The fourth-order valence-corrected chi connectivity index (χ4v) is 3.68. The van der Waals surface area contributed by atoms with Crippen LogP contribution in [0.5, 0.6) is 0 Å². The van der Waals surface area contributed by atoms with Crippen molar-refractivity contribution in [2.75, 3.05) is 26.0 Å². The van der Waals surface area contributed by atoms with Gasteiger partial charge in [-0.2, -0.15) is 0 Å². The first kappa shape index (κ1) is 21.3. The standard InChI is InChI=1S/C23H27BrN4O/c1-14-6-8-20(26-16(14)3)12-28(15(2)13-29-5)17(4)18-7-9-22-19(10-18)11-21(24)23(25)27-22/h6-11,15-16H,1,4,12-13H2,2-3,5H3,(H2,25,27)/t15-,16?/m1/s1. The summed E-state index contributed by atoms with van der Waals surface area (Å²) in [7, 11) is 1.71. The minimum absolute atomic E-state index is 0.0948. The Morgan fingerprint density at radius 1 is 1.34 bits per heavy atom. The van der Waals surface area contributed by atoms with E-state index in [4.69, 9.17) is 15.5 Å². The molecule has 0 spiro atoms. The monoisotopic (exact) mass is 454 g/mol. The second-order valence-electron chi connectivity index (χ2n) is 7.35. The zero-order valence-electron chi connectivity index (χ0n) is 17.2. The number of anilines is 1. The highest BCUT2D eigenvalue weighted by Gasteiger charge is 2.20. The second-order valence-corrected chi connectivity index (χ2v) is 8.20. The fraction of sp³-hybridized carbons (Fsp3) is 0.304. The molecule has 1 unspecified atom stereocenters. The molecule has 29 heavy (non-hydrogen) atoms. The van der Waals surface area contributed by atoms with E-state index < -0.39 is 0 Å². The number of rotatable bonds is 7. The van der Waals surface area contributed by atoms with Crippen molar-refractivity contribution in [3.05, 3.63) is 65.2 Å². The summed E-state index contributed by atoms with van der Waals surface area (Å²) in [5.74, 6) is 0.484. The molecule has 2 aromatic rings. The first-order valence-corrected chi connectivity index (χ1v) is 10.3. The van der Waals surface area contributed by atoms with Crippen molar-refractivity contribution in [1.29, 1.82) is 0 Å².